The highest BCUT2D eigenvalue weighted by atomic mass is 16.5. The van der Waals surface area contributed by atoms with E-state index in [2.05, 4.69) is 10.3 Å². The van der Waals surface area contributed by atoms with E-state index in [9.17, 15) is 14.4 Å². The first kappa shape index (κ1) is 25.9. The van der Waals surface area contributed by atoms with Gasteiger partial charge in [0.25, 0.3) is 0 Å². The number of Topliss-reactive ketones (excluding diaryl/α,β-unsaturated/α-hetero) is 2. The van der Waals surface area contributed by atoms with Crippen molar-refractivity contribution in [3.8, 4) is 5.75 Å². The van der Waals surface area contributed by atoms with Gasteiger partial charge >= 0.3 is 0 Å². The number of ketones is 2. The Labute approximate surface area is 243 Å². The number of aromatic nitrogens is 1. The monoisotopic (exact) mass is 555 g/mol. The molecule has 1 aromatic heterocycles. The van der Waals surface area contributed by atoms with Gasteiger partial charge in [-0.25, -0.2) is 0 Å². The second-order valence-corrected chi connectivity index (χ2v) is 10.9. The van der Waals surface area contributed by atoms with E-state index in [1.807, 2.05) is 78.7 Å². The number of hydrogen-bond donors (Lipinski definition) is 1. The van der Waals surface area contributed by atoms with Gasteiger partial charge in [-0.05, 0) is 59.5 Å². The van der Waals surface area contributed by atoms with Crippen LogP contribution in [0.25, 0.3) is 6.08 Å². The zero-order valence-electron chi connectivity index (χ0n) is 23.1. The first-order valence-electron chi connectivity index (χ1n) is 14.2. The average Bonchev–Trinajstić information content (AvgIpc) is 3.52. The van der Waals surface area contributed by atoms with Crippen LogP contribution >= 0.6 is 0 Å². The third kappa shape index (κ3) is 3.66. The predicted molar refractivity (Wildman–Crippen MR) is 159 cm³/mol. The summed E-state index contributed by atoms with van der Waals surface area (Å²) < 4.78 is 6.00. The van der Waals surface area contributed by atoms with E-state index in [0.717, 1.165) is 17.5 Å². The van der Waals surface area contributed by atoms with Crippen LogP contribution in [0.3, 0.4) is 0 Å². The average molecular weight is 556 g/mol. The number of amides is 1. The molecule has 0 saturated carbocycles. The summed E-state index contributed by atoms with van der Waals surface area (Å²) in [4.78, 5) is 50.3. The van der Waals surface area contributed by atoms with Crippen molar-refractivity contribution in [2.75, 3.05) is 11.9 Å². The van der Waals surface area contributed by atoms with E-state index < -0.39 is 23.4 Å². The minimum Gasteiger partial charge on any atom is -0.493 e. The fraction of sp³-hybridized carbons (Fsp3) is 0.200. The van der Waals surface area contributed by atoms with Crippen molar-refractivity contribution in [1.29, 1.82) is 0 Å². The maximum Gasteiger partial charge on any atom is 0.238 e. The Balaban J connectivity index is 1.52. The molecule has 4 aromatic rings. The summed E-state index contributed by atoms with van der Waals surface area (Å²) in [5, 5.41) is 3.08. The van der Waals surface area contributed by atoms with Crippen LogP contribution in [0.15, 0.2) is 104 Å². The zero-order valence-corrected chi connectivity index (χ0v) is 23.1. The SMILES string of the molecule is CCCOc1ccccc1C(=O)[C@@H]1[C@H](C(=O)c2cccnc2)[C@@]2(C(=O)Nc3ccccc32)[C@H]2c3ccccc3C=CN12. The number of anilines is 1. The topological polar surface area (TPSA) is 88.6 Å². The molecule has 0 bridgehead atoms. The zero-order chi connectivity index (χ0) is 28.8. The molecule has 7 nitrogen and oxygen atoms in total. The lowest BCUT2D eigenvalue weighted by molar-refractivity contribution is -0.122. The third-order valence-corrected chi connectivity index (χ3v) is 8.68. The summed E-state index contributed by atoms with van der Waals surface area (Å²) in [6, 6.07) is 24.3. The van der Waals surface area contributed by atoms with Gasteiger partial charge in [-0.1, -0.05) is 61.5 Å². The van der Waals surface area contributed by atoms with E-state index in [1.54, 1.807) is 36.5 Å². The van der Waals surface area contributed by atoms with Crippen molar-refractivity contribution in [1.82, 2.24) is 9.88 Å². The second-order valence-electron chi connectivity index (χ2n) is 10.9. The molecule has 4 heterocycles. The Morgan fingerprint density at radius 2 is 1.74 bits per heavy atom. The fourth-order valence-corrected chi connectivity index (χ4v) is 7.02. The number of hydrogen-bond acceptors (Lipinski definition) is 6. The van der Waals surface area contributed by atoms with Gasteiger partial charge in [0.05, 0.1) is 24.1 Å². The molecule has 1 fully saturated rings. The van der Waals surface area contributed by atoms with Crippen molar-refractivity contribution >= 4 is 29.2 Å². The molecule has 3 aliphatic rings. The molecular weight excluding hydrogens is 526 g/mol. The second kappa shape index (κ2) is 10.1. The van der Waals surface area contributed by atoms with Gasteiger partial charge < -0.3 is 15.0 Å². The first-order valence-corrected chi connectivity index (χ1v) is 14.2. The number of nitrogens with one attached hydrogen (secondary N) is 1. The lowest BCUT2D eigenvalue weighted by atomic mass is 9.62. The van der Waals surface area contributed by atoms with Crippen LogP contribution in [0, 0.1) is 5.92 Å². The smallest absolute Gasteiger partial charge is 0.238 e. The van der Waals surface area contributed by atoms with Crippen molar-refractivity contribution in [3.05, 3.63) is 131 Å². The van der Waals surface area contributed by atoms with Crippen LogP contribution in [0.4, 0.5) is 5.69 Å². The summed E-state index contributed by atoms with van der Waals surface area (Å²) >= 11 is 0. The van der Waals surface area contributed by atoms with Gasteiger partial charge in [0, 0.05) is 29.8 Å². The van der Waals surface area contributed by atoms with Crippen molar-refractivity contribution in [2.45, 2.75) is 30.8 Å². The molecule has 208 valence electrons. The van der Waals surface area contributed by atoms with Gasteiger partial charge in [-0.2, -0.15) is 0 Å². The molecule has 1 spiro atoms. The summed E-state index contributed by atoms with van der Waals surface area (Å²) in [5.74, 6) is -1.46. The molecule has 0 aliphatic carbocycles. The molecule has 0 radical (unpaired) electrons. The van der Waals surface area contributed by atoms with Crippen LogP contribution < -0.4 is 10.1 Å². The van der Waals surface area contributed by atoms with Gasteiger partial charge in [-0.15, -0.1) is 0 Å². The van der Waals surface area contributed by atoms with Crippen LogP contribution in [0.5, 0.6) is 5.75 Å². The summed E-state index contributed by atoms with van der Waals surface area (Å²) in [7, 11) is 0. The standard InChI is InChI=1S/C35H29N3O4/c1-2-20-42-28-16-8-5-13-25(28)32(40)30-29(31(39)23-11-9-18-36-21-23)35(26-14-6-7-15-27(26)37-34(35)41)33-24-12-4-3-10-22(24)17-19-38(30)33/h3-19,21,29-30,33H,2,20H2,1H3,(H,37,41)/t29-,30+,33-,35-/m1/s1. The third-order valence-electron chi connectivity index (χ3n) is 8.68. The lowest BCUT2D eigenvalue weighted by Gasteiger charge is -2.38. The van der Waals surface area contributed by atoms with E-state index in [0.29, 0.717) is 34.7 Å². The van der Waals surface area contributed by atoms with Gasteiger partial charge in [0.1, 0.15) is 17.2 Å². The number of pyridine rings is 1. The number of fused-ring (bicyclic) bond motifs is 6. The van der Waals surface area contributed by atoms with E-state index >= 15 is 0 Å². The number of benzene rings is 3. The number of carbonyl (C=O) groups excluding carboxylic acids is 3. The van der Waals surface area contributed by atoms with Crippen LogP contribution in [-0.2, 0) is 10.2 Å². The van der Waals surface area contributed by atoms with Crippen molar-refractivity contribution in [2.24, 2.45) is 5.92 Å². The van der Waals surface area contributed by atoms with Crippen LogP contribution in [-0.4, -0.2) is 40.0 Å². The summed E-state index contributed by atoms with van der Waals surface area (Å²) in [6.07, 6.45) is 7.72. The minimum atomic E-state index is -1.38. The highest BCUT2D eigenvalue weighted by molar-refractivity contribution is 6.17. The molecule has 1 saturated heterocycles. The van der Waals surface area contributed by atoms with Crippen LogP contribution in [0.1, 0.15) is 56.8 Å². The molecule has 42 heavy (non-hydrogen) atoms. The molecule has 1 amide bonds. The predicted octanol–water partition coefficient (Wildman–Crippen LogP) is 5.85. The molecule has 3 aliphatic heterocycles. The number of para-hydroxylation sites is 2. The maximum atomic E-state index is 14.8. The fourth-order valence-electron chi connectivity index (χ4n) is 7.02. The largest absolute Gasteiger partial charge is 0.493 e. The van der Waals surface area contributed by atoms with Gasteiger partial charge in [0.15, 0.2) is 11.6 Å². The Hall–Kier alpha value is -5.04. The van der Waals surface area contributed by atoms with Crippen molar-refractivity contribution in [3.63, 3.8) is 0 Å². The highest BCUT2D eigenvalue weighted by Crippen LogP contribution is 2.62. The number of nitrogens with zero attached hydrogens (tertiary/aromatic N) is 2. The quantitative estimate of drug-likeness (QED) is 0.288. The molecule has 7 heteroatoms. The Kier molecular flexibility index (Phi) is 6.23. The van der Waals surface area contributed by atoms with Crippen LogP contribution in [0.2, 0.25) is 0 Å². The summed E-state index contributed by atoms with van der Waals surface area (Å²) in [5.41, 5.74) is 2.55. The molecular formula is C35H29N3O4. The first-order chi connectivity index (χ1) is 20.6. The summed E-state index contributed by atoms with van der Waals surface area (Å²) in [6.45, 7) is 2.46. The molecule has 3 aromatic carbocycles. The molecule has 4 atom stereocenters. The number of ether oxygens (including phenoxy) is 1. The number of rotatable bonds is 7. The normalized spacial score (nSPS) is 23.2. The minimum absolute atomic E-state index is 0.271. The molecule has 1 N–H and O–H groups in total. The number of carbonyl (C=O) groups is 3. The van der Waals surface area contributed by atoms with E-state index in [1.165, 1.54) is 6.20 Å². The van der Waals surface area contributed by atoms with E-state index in [4.69, 9.17) is 4.74 Å². The lowest BCUT2D eigenvalue weighted by Crippen LogP contribution is -2.49. The van der Waals surface area contributed by atoms with Crippen molar-refractivity contribution < 1.29 is 19.1 Å². The van der Waals surface area contributed by atoms with Gasteiger partial charge in [-0.3, -0.25) is 19.4 Å². The Morgan fingerprint density at radius 1 is 0.952 bits per heavy atom. The van der Waals surface area contributed by atoms with Gasteiger partial charge in [0.2, 0.25) is 5.91 Å². The Bertz CT molecular complexity index is 1750. The molecule has 7 rings (SSSR count). The molecule has 0 unspecified atom stereocenters. The Morgan fingerprint density at radius 3 is 2.57 bits per heavy atom. The highest BCUT2D eigenvalue weighted by Gasteiger charge is 2.70. The van der Waals surface area contributed by atoms with E-state index in [-0.39, 0.29) is 17.5 Å². The maximum absolute atomic E-state index is 14.8.